The Balaban J connectivity index is 2.04. The average Bonchev–Trinajstić information content (AvgIpc) is 3.03. The highest BCUT2D eigenvalue weighted by Crippen LogP contribution is 2.31. The Morgan fingerprint density at radius 2 is 1.30 bits per heavy atom. The summed E-state index contributed by atoms with van der Waals surface area (Å²) >= 11 is 0. The third-order valence-electron chi connectivity index (χ3n) is 4.41. The van der Waals surface area contributed by atoms with Gasteiger partial charge in [-0.25, -0.2) is 9.59 Å². The first-order valence-corrected chi connectivity index (χ1v) is 9.40. The van der Waals surface area contributed by atoms with Crippen molar-refractivity contribution in [1.29, 1.82) is 0 Å². The maximum Gasteiger partial charge on any atom is 0.514 e. The zero-order valence-electron chi connectivity index (χ0n) is 17.4. The number of carbonyl (C=O) groups excluding carboxylic acids is 4. The van der Waals surface area contributed by atoms with Crippen LogP contribution >= 0.6 is 0 Å². The standard InChI is InChI=1S/C20H26N2O8/c1-19(2)13(27-17(25)29-19)7-5-11-22(16(24)10-9-15(21)23)12-6-8-14-20(3,4)30-18(26)28-14/h7-10H,5-6,11-12H2,1-4H3,(H2,21,23). The second-order valence-electron chi connectivity index (χ2n) is 7.70. The second-order valence-corrected chi connectivity index (χ2v) is 7.70. The lowest BCUT2D eigenvalue weighted by atomic mass is 10.1. The van der Waals surface area contributed by atoms with Gasteiger partial charge in [-0.2, -0.15) is 0 Å². The minimum atomic E-state index is -0.875. The molecule has 0 aromatic heterocycles. The first-order chi connectivity index (χ1) is 13.9. The highest BCUT2D eigenvalue weighted by molar-refractivity contribution is 5.96. The van der Waals surface area contributed by atoms with Crippen LogP contribution < -0.4 is 5.73 Å². The molecule has 10 nitrogen and oxygen atoms in total. The van der Waals surface area contributed by atoms with Gasteiger partial charge in [-0.3, -0.25) is 9.59 Å². The van der Waals surface area contributed by atoms with E-state index in [0.29, 0.717) is 24.4 Å². The minimum absolute atomic E-state index is 0.280. The van der Waals surface area contributed by atoms with Crippen molar-refractivity contribution in [2.75, 3.05) is 13.1 Å². The molecule has 0 aromatic rings. The lowest BCUT2D eigenvalue weighted by Crippen LogP contribution is -2.32. The lowest BCUT2D eigenvalue weighted by Gasteiger charge is -2.21. The fourth-order valence-corrected chi connectivity index (χ4v) is 2.85. The van der Waals surface area contributed by atoms with Gasteiger partial charge in [-0.15, -0.1) is 0 Å². The molecule has 0 radical (unpaired) electrons. The van der Waals surface area contributed by atoms with Crippen LogP contribution in [-0.2, 0) is 28.5 Å². The molecule has 0 aliphatic carbocycles. The molecule has 2 N–H and O–H groups in total. The Bertz CT molecular complexity index is 773. The molecule has 0 saturated carbocycles. The van der Waals surface area contributed by atoms with Crippen LogP contribution in [0.5, 0.6) is 0 Å². The summed E-state index contributed by atoms with van der Waals surface area (Å²) in [6.07, 6.45) is 4.65. The molecule has 0 bridgehead atoms. The summed E-state index contributed by atoms with van der Waals surface area (Å²) in [6, 6.07) is 0. The van der Waals surface area contributed by atoms with E-state index in [-0.39, 0.29) is 13.1 Å². The van der Waals surface area contributed by atoms with E-state index in [1.54, 1.807) is 39.8 Å². The summed E-state index contributed by atoms with van der Waals surface area (Å²) in [5.74, 6) is -0.414. The molecule has 10 heteroatoms. The molecule has 2 aliphatic rings. The summed E-state index contributed by atoms with van der Waals surface area (Å²) in [4.78, 5) is 47.5. The van der Waals surface area contributed by atoms with Crippen molar-refractivity contribution in [2.24, 2.45) is 5.73 Å². The molecule has 164 valence electrons. The fraction of sp³-hybridized carbons (Fsp3) is 0.500. The smallest absolute Gasteiger partial charge is 0.420 e. The van der Waals surface area contributed by atoms with Gasteiger partial charge in [-0.1, -0.05) is 0 Å². The molecule has 0 unspecified atom stereocenters. The number of cyclic esters (lactones) is 4. The van der Waals surface area contributed by atoms with Gasteiger partial charge in [0.15, 0.2) is 22.7 Å². The van der Waals surface area contributed by atoms with Crippen LogP contribution in [0.15, 0.2) is 35.8 Å². The largest absolute Gasteiger partial charge is 0.514 e. The highest BCUT2D eigenvalue weighted by Gasteiger charge is 2.39. The number of nitrogens with zero attached hydrogens (tertiary/aromatic N) is 1. The average molecular weight is 422 g/mol. The molecule has 2 rings (SSSR count). The lowest BCUT2D eigenvalue weighted by molar-refractivity contribution is -0.126. The van der Waals surface area contributed by atoms with Crippen LogP contribution in [0.1, 0.15) is 40.5 Å². The predicted molar refractivity (Wildman–Crippen MR) is 104 cm³/mol. The van der Waals surface area contributed by atoms with E-state index in [1.807, 2.05) is 0 Å². The fourth-order valence-electron chi connectivity index (χ4n) is 2.85. The van der Waals surface area contributed by atoms with E-state index in [1.165, 1.54) is 4.90 Å². The number of primary amides is 1. The first kappa shape index (κ1) is 23.0. The Hall–Kier alpha value is -3.30. The predicted octanol–water partition coefficient (Wildman–Crippen LogP) is 2.30. The van der Waals surface area contributed by atoms with Gasteiger partial charge < -0.3 is 29.6 Å². The molecule has 2 aliphatic heterocycles. The van der Waals surface area contributed by atoms with Gasteiger partial charge in [0.2, 0.25) is 11.8 Å². The summed E-state index contributed by atoms with van der Waals surface area (Å²) in [5, 5.41) is 0. The Labute approximate surface area is 174 Å². The van der Waals surface area contributed by atoms with Gasteiger partial charge in [0.25, 0.3) is 0 Å². The van der Waals surface area contributed by atoms with Crippen LogP contribution in [0.25, 0.3) is 0 Å². The molecular weight excluding hydrogens is 396 g/mol. The summed E-state index contributed by atoms with van der Waals surface area (Å²) in [7, 11) is 0. The zero-order chi connectivity index (χ0) is 22.5. The number of amides is 2. The monoisotopic (exact) mass is 422 g/mol. The Kier molecular flexibility index (Phi) is 6.91. The van der Waals surface area contributed by atoms with Crippen molar-refractivity contribution in [1.82, 2.24) is 4.90 Å². The highest BCUT2D eigenvalue weighted by atomic mass is 16.8. The molecule has 2 heterocycles. The number of carbonyl (C=O) groups is 4. The van der Waals surface area contributed by atoms with Crippen LogP contribution in [0, 0.1) is 0 Å². The maximum absolute atomic E-state index is 12.4. The number of ether oxygens (including phenoxy) is 4. The summed E-state index contributed by atoms with van der Waals surface area (Å²) in [6.45, 7) is 7.34. The second kappa shape index (κ2) is 9.02. The van der Waals surface area contributed by atoms with Crippen molar-refractivity contribution in [2.45, 2.75) is 51.7 Å². The SMILES string of the molecule is CC1(C)OC(=O)OC1=CCCN(CCC=C1OC(=O)OC1(C)C)C(=O)C=CC(N)=O. The van der Waals surface area contributed by atoms with Crippen molar-refractivity contribution >= 4 is 24.1 Å². The minimum Gasteiger partial charge on any atom is -0.420 e. The number of rotatable bonds is 8. The van der Waals surface area contributed by atoms with Crippen LogP contribution in [-0.4, -0.2) is 53.3 Å². The molecule has 0 aromatic carbocycles. The van der Waals surface area contributed by atoms with Gasteiger partial charge >= 0.3 is 12.3 Å². The summed E-state index contributed by atoms with van der Waals surface area (Å²) in [5.41, 5.74) is 3.30. The van der Waals surface area contributed by atoms with Crippen molar-refractivity contribution < 1.29 is 38.1 Å². The number of hydrogen-bond donors (Lipinski definition) is 1. The van der Waals surface area contributed by atoms with Crippen molar-refractivity contribution in [3.05, 3.63) is 35.8 Å². The van der Waals surface area contributed by atoms with Gasteiger partial charge in [0, 0.05) is 25.2 Å². The Morgan fingerprint density at radius 3 is 1.63 bits per heavy atom. The van der Waals surface area contributed by atoms with E-state index in [2.05, 4.69) is 0 Å². The van der Waals surface area contributed by atoms with E-state index < -0.39 is 35.3 Å². The molecular formula is C20H26N2O8. The quantitative estimate of drug-likeness (QED) is 0.465. The van der Waals surface area contributed by atoms with Crippen molar-refractivity contribution in [3.63, 3.8) is 0 Å². The Morgan fingerprint density at radius 1 is 0.867 bits per heavy atom. The summed E-state index contributed by atoms with van der Waals surface area (Å²) < 4.78 is 20.2. The van der Waals surface area contributed by atoms with Crippen LogP contribution in [0.2, 0.25) is 0 Å². The number of nitrogens with two attached hydrogens (primary N) is 1. The maximum atomic E-state index is 12.4. The van der Waals surface area contributed by atoms with E-state index in [4.69, 9.17) is 24.7 Å². The van der Waals surface area contributed by atoms with Gasteiger partial charge in [-0.05, 0) is 52.7 Å². The van der Waals surface area contributed by atoms with Crippen LogP contribution in [0.4, 0.5) is 9.59 Å². The van der Waals surface area contributed by atoms with E-state index in [9.17, 15) is 19.2 Å². The molecule has 2 amide bonds. The number of hydrogen-bond acceptors (Lipinski definition) is 8. The third kappa shape index (κ3) is 6.10. The van der Waals surface area contributed by atoms with Gasteiger partial charge in [0.1, 0.15) is 0 Å². The molecule has 0 spiro atoms. The third-order valence-corrected chi connectivity index (χ3v) is 4.41. The molecule has 2 saturated heterocycles. The first-order valence-electron chi connectivity index (χ1n) is 9.40. The molecule has 0 atom stereocenters. The zero-order valence-corrected chi connectivity index (χ0v) is 17.4. The van der Waals surface area contributed by atoms with Gasteiger partial charge in [0.05, 0.1) is 0 Å². The van der Waals surface area contributed by atoms with E-state index >= 15 is 0 Å². The van der Waals surface area contributed by atoms with Crippen LogP contribution in [0.3, 0.4) is 0 Å². The topological polar surface area (TPSA) is 134 Å². The van der Waals surface area contributed by atoms with E-state index in [0.717, 1.165) is 12.2 Å². The normalized spacial score (nSPS) is 22.0. The molecule has 30 heavy (non-hydrogen) atoms. The van der Waals surface area contributed by atoms with Crippen molar-refractivity contribution in [3.8, 4) is 0 Å². The molecule has 2 fully saturated rings.